The van der Waals surface area contributed by atoms with Crippen LogP contribution in [0.15, 0.2) is 71.2 Å². The Morgan fingerprint density at radius 1 is 1.00 bits per heavy atom. The minimum atomic E-state index is -1.40. The summed E-state index contributed by atoms with van der Waals surface area (Å²) in [5, 5.41) is 14.0. The number of carboxylic acid groups (broad SMARTS) is 1. The van der Waals surface area contributed by atoms with Gasteiger partial charge in [-0.05, 0) is 56.4 Å². The molecule has 7 nitrogen and oxygen atoms in total. The van der Waals surface area contributed by atoms with Crippen molar-refractivity contribution in [1.29, 1.82) is 0 Å². The molecule has 4 rings (SSSR count). The van der Waals surface area contributed by atoms with Gasteiger partial charge >= 0.3 is 12.1 Å². The van der Waals surface area contributed by atoms with E-state index in [1.807, 2.05) is 48.5 Å². The Hall–Kier alpha value is -3.72. The summed E-state index contributed by atoms with van der Waals surface area (Å²) in [6.07, 6.45) is -1.57. The Morgan fingerprint density at radius 3 is 2.21 bits per heavy atom. The molecule has 1 atom stereocenters. The second-order valence-corrected chi connectivity index (χ2v) is 8.59. The van der Waals surface area contributed by atoms with E-state index in [2.05, 4.69) is 26.6 Å². The molecule has 0 aromatic heterocycles. The normalized spacial score (nSPS) is 12.9. The first-order valence-corrected chi connectivity index (χ1v) is 11.2. The summed E-state index contributed by atoms with van der Waals surface area (Å²) in [5.41, 5.74) is 4.42. The lowest BCUT2D eigenvalue weighted by Crippen LogP contribution is -2.45. The number of nitrogens with one attached hydrogen (secondary N) is 2. The van der Waals surface area contributed by atoms with Gasteiger partial charge in [-0.25, -0.2) is 9.18 Å². The highest BCUT2D eigenvalue weighted by atomic mass is 79.9. The van der Waals surface area contributed by atoms with Crippen molar-refractivity contribution in [2.75, 3.05) is 11.9 Å². The van der Waals surface area contributed by atoms with E-state index in [9.17, 15) is 23.9 Å². The number of fused-ring (bicyclic) bond motifs is 3. The Kier molecular flexibility index (Phi) is 6.93. The number of anilines is 1. The van der Waals surface area contributed by atoms with Crippen LogP contribution >= 0.6 is 15.9 Å². The van der Waals surface area contributed by atoms with Crippen molar-refractivity contribution in [1.82, 2.24) is 5.32 Å². The van der Waals surface area contributed by atoms with Crippen molar-refractivity contribution >= 4 is 39.6 Å². The molecule has 3 N–H and O–H groups in total. The van der Waals surface area contributed by atoms with E-state index in [1.165, 1.54) is 6.07 Å². The Morgan fingerprint density at radius 2 is 1.62 bits per heavy atom. The molecule has 0 spiro atoms. The van der Waals surface area contributed by atoms with Gasteiger partial charge in [-0.15, -0.1) is 0 Å². The van der Waals surface area contributed by atoms with Gasteiger partial charge in [0, 0.05) is 10.4 Å². The van der Waals surface area contributed by atoms with Crippen LogP contribution in [0.4, 0.5) is 14.9 Å². The molecule has 9 heteroatoms. The van der Waals surface area contributed by atoms with Gasteiger partial charge in [-0.3, -0.25) is 9.59 Å². The number of halogens is 2. The van der Waals surface area contributed by atoms with Crippen LogP contribution in [0.5, 0.6) is 0 Å². The molecule has 0 bridgehead atoms. The molecular formula is C25H20BrFN2O5. The summed E-state index contributed by atoms with van der Waals surface area (Å²) < 4.78 is 19.0. The molecule has 1 unspecified atom stereocenters. The molecule has 1 aliphatic rings. The van der Waals surface area contributed by atoms with Crippen LogP contribution in [-0.2, 0) is 14.3 Å². The van der Waals surface area contributed by atoms with Crippen LogP contribution in [-0.4, -0.2) is 35.7 Å². The van der Waals surface area contributed by atoms with Gasteiger partial charge < -0.3 is 20.5 Å². The number of hydrogen-bond acceptors (Lipinski definition) is 4. The fourth-order valence-electron chi connectivity index (χ4n) is 3.98. The van der Waals surface area contributed by atoms with Gasteiger partial charge in [-0.1, -0.05) is 48.5 Å². The number of carbonyl (C=O) groups excluding carboxylic acids is 2. The van der Waals surface area contributed by atoms with Gasteiger partial charge in [-0.2, -0.15) is 0 Å². The largest absolute Gasteiger partial charge is 0.481 e. The van der Waals surface area contributed by atoms with E-state index in [-0.39, 0.29) is 22.7 Å². The molecule has 2 amide bonds. The lowest BCUT2D eigenvalue weighted by Gasteiger charge is -2.19. The maximum atomic E-state index is 13.3. The smallest absolute Gasteiger partial charge is 0.407 e. The van der Waals surface area contributed by atoms with Gasteiger partial charge in [0.1, 0.15) is 18.5 Å². The number of alkyl carbamates (subject to hydrolysis) is 1. The predicted octanol–water partition coefficient (Wildman–Crippen LogP) is 4.91. The fourth-order valence-corrected chi connectivity index (χ4v) is 4.43. The average molecular weight is 527 g/mol. The number of amides is 2. The lowest BCUT2D eigenvalue weighted by molar-refractivity contribution is -0.139. The van der Waals surface area contributed by atoms with Crippen molar-refractivity contribution in [2.45, 2.75) is 18.4 Å². The molecule has 3 aromatic carbocycles. The lowest BCUT2D eigenvalue weighted by atomic mass is 9.98. The summed E-state index contributed by atoms with van der Waals surface area (Å²) in [6, 6.07) is 17.9. The molecule has 0 saturated carbocycles. The minimum absolute atomic E-state index is 0.0186. The minimum Gasteiger partial charge on any atom is -0.481 e. The standard InChI is InChI=1S/C25H20BrFN2O5/c26-20-11-14(27)9-10-21(20)28-24(32)22(12-23(30)31)29-25(33)34-13-19-17-7-3-1-5-15(17)16-6-2-4-8-18(16)19/h1-11,19,22H,12-13H2,(H,28,32)(H,29,33)(H,30,31). The van der Waals surface area contributed by atoms with Crippen LogP contribution in [0, 0.1) is 5.82 Å². The van der Waals surface area contributed by atoms with Crippen molar-refractivity contribution in [3.8, 4) is 11.1 Å². The van der Waals surface area contributed by atoms with Gasteiger partial charge in [0.05, 0.1) is 12.1 Å². The third-order valence-corrected chi connectivity index (χ3v) is 6.18. The highest BCUT2D eigenvalue weighted by Crippen LogP contribution is 2.44. The van der Waals surface area contributed by atoms with E-state index < -0.39 is 36.2 Å². The van der Waals surface area contributed by atoms with E-state index >= 15 is 0 Å². The van der Waals surface area contributed by atoms with Gasteiger partial charge in [0.25, 0.3) is 0 Å². The number of ether oxygens (including phenoxy) is 1. The first kappa shape index (κ1) is 23.4. The van der Waals surface area contributed by atoms with Crippen LogP contribution in [0.1, 0.15) is 23.5 Å². The predicted molar refractivity (Wildman–Crippen MR) is 127 cm³/mol. The number of benzene rings is 3. The molecule has 0 fully saturated rings. The number of carbonyl (C=O) groups is 3. The Balaban J connectivity index is 1.43. The highest BCUT2D eigenvalue weighted by molar-refractivity contribution is 9.10. The highest BCUT2D eigenvalue weighted by Gasteiger charge is 2.30. The van der Waals surface area contributed by atoms with Crippen molar-refractivity contribution in [2.24, 2.45) is 0 Å². The number of aliphatic carboxylic acids is 1. The monoisotopic (exact) mass is 526 g/mol. The van der Waals surface area contributed by atoms with Crippen LogP contribution in [0.2, 0.25) is 0 Å². The maximum Gasteiger partial charge on any atom is 0.407 e. The molecule has 1 aliphatic carbocycles. The van der Waals surface area contributed by atoms with Gasteiger partial charge in [0.15, 0.2) is 0 Å². The summed E-state index contributed by atoms with van der Waals surface area (Å²) in [7, 11) is 0. The Bertz CT molecular complexity index is 1220. The quantitative estimate of drug-likeness (QED) is 0.405. The second kappa shape index (κ2) is 10.0. The molecule has 174 valence electrons. The van der Waals surface area contributed by atoms with Crippen LogP contribution in [0.25, 0.3) is 11.1 Å². The molecule has 0 saturated heterocycles. The number of rotatable bonds is 7. The van der Waals surface area contributed by atoms with Crippen molar-refractivity contribution < 1.29 is 28.6 Å². The molecule has 3 aromatic rings. The third-order valence-electron chi connectivity index (χ3n) is 5.52. The summed E-state index contributed by atoms with van der Waals surface area (Å²) in [4.78, 5) is 36.4. The zero-order valence-electron chi connectivity index (χ0n) is 17.8. The SMILES string of the molecule is O=C(O)CC(NC(=O)OCC1c2ccccc2-c2ccccc21)C(=O)Nc1ccc(F)cc1Br. The summed E-state index contributed by atoms with van der Waals surface area (Å²) in [6.45, 7) is 0.0186. The second-order valence-electron chi connectivity index (χ2n) is 7.73. The third kappa shape index (κ3) is 5.09. The number of carboxylic acids is 1. The average Bonchev–Trinajstić information content (AvgIpc) is 3.12. The van der Waals surface area contributed by atoms with Crippen LogP contribution in [0.3, 0.4) is 0 Å². The molecule has 0 aliphatic heterocycles. The van der Waals surface area contributed by atoms with Crippen molar-refractivity contribution in [3.05, 3.63) is 88.1 Å². The molecule has 0 heterocycles. The molecule has 34 heavy (non-hydrogen) atoms. The molecule has 0 radical (unpaired) electrons. The van der Waals surface area contributed by atoms with E-state index in [1.54, 1.807) is 0 Å². The topological polar surface area (TPSA) is 105 Å². The van der Waals surface area contributed by atoms with Gasteiger partial charge in [0.2, 0.25) is 5.91 Å². The first-order chi connectivity index (χ1) is 16.3. The van der Waals surface area contributed by atoms with E-state index in [4.69, 9.17) is 4.74 Å². The zero-order chi connectivity index (χ0) is 24.2. The van der Waals surface area contributed by atoms with Crippen molar-refractivity contribution in [3.63, 3.8) is 0 Å². The summed E-state index contributed by atoms with van der Waals surface area (Å²) in [5.74, 6) is -2.75. The fraction of sp³-hybridized carbons (Fsp3) is 0.160. The zero-order valence-corrected chi connectivity index (χ0v) is 19.3. The van der Waals surface area contributed by atoms with Crippen LogP contribution < -0.4 is 10.6 Å². The van der Waals surface area contributed by atoms with E-state index in [0.29, 0.717) is 0 Å². The maximum absolute atomic E-state index is 13.3. The Labute approximate surface area is 203 Å². The molecular weight excluding hydrogens is 507 g/mol. The number of hydrogen-bond donors (Lipinski definition) is 3. The first-order valence-electron chi connectivity index (χ1n) is 10.4. The summed E-state index contributed by atoms with van der Waals surface area (Å²) >= 11 is 3.13. The van der Waals surface area contributed by atoms with E-state index in [0.717, 1.165) is 34.4 Å².